The van der Waals surface area contributed by atoms with Crippen LogP contribution in [0.1, 0.15) is 57.2 Å². The fraction of sp³-hybridized carbons (Fsp3) is 0.750. The molecule has 1 aliphatic carbocycles. The zero-order valence-electron chi connectivity index (χ0n) is 19.4. The molecule has 9 heteroatoms. The molecule has 2 fully saturated rings. The number of halogens is 3. The van der Waals surface area contributed by atoms with E-state index in [2.05, 4.69) is 24.1 Å². The third kappa shape index (κ3) is 5.62. The molecule has 0 radical (unpaired) electrons. The summed E-state index contributed by atoms with van der Waals surface area (Å²) in [7, 11) is 0. The molecule has 1 saturated carbocycles. The molecular formula is C24H34F3N3O3. The molecule has 1 amide bonds. The Hall–Kier alpha value is -1.87. The van der Waals surface area contributed by atoms with E-state index < -0.39 is 18.2 Å². The number of nitrogens with zero attached hydrogens (tertiary/aromatic N) is 2. The SMILES string of the molecule is CC(C)[C@]1(C(=O)N2CCc3ncc(OCC(F)(F)F)cc3C2)CC[C@@H](NC2CCOCC2)C1. The highest BCUT2D eigenvalue weighted by Gasteiger charge is 2.49. The molecule has 2 aliphatic heterocycles. The number of carbonyl (C=O) groups is 1. The molecule has 1 N–H and O–H groups in total. The lowest BCUT2D eigenvalue weighted by molar-refractivity contribution is -0.153. The van der Waals surface area contributed by atoms with Gasteiger partial charge in [-0.05, 0) is 49.7 Å². The molecule has 184 valence electrons. The van der Waals surface area contributed by atoms with Gasteiger partial charge < -0.3 is 19.7 Å². The maximum atomic E-state index is 13.8. The molecule has 0 aromatic carbocycles. The fourth-order valence-corrected chi connectivity index (χ4v) is 5.52. The largest absolute Gasteiger partial charge is 0.482 e. The van der Waals surface area contributed by atoms with Crippen molar-refractivity contribution in [2.75, 3.05) is 26.4 Å². The second kappa shape index (κ2) is 9.78. The zero-order valence-corrected chi connectivity index (χ0v) is 19.4. The average Bonchev–Trinajstić information content (AvgIpc) is 3.22. The summed E-state index contributed by atoms with van der Waals surface area (Å²) >= 11 is 0. The number of nitrogens with one attached hydrogen (secondary N) is 1. The second-order valence-electron chi connectivity index (χ2n) is 9.96. The van der Waals surface area contributed by atoms with E-state index >= 15 is 0 Å². The predicted molar refractivity (Wildman–Crippen MR) is 117 cm³/mol. The van der Waals surface area contributed by atoms with E-state index in [-0.39, 0.29) is 17.6 Å². The first-order valence-electron chi connectivity index (χ1n) is 12.0. The molecule has 1 aromatic rings. The number of aromatic nitrogens is 1. The highest BCUT2D eigenvalue weighted by Crippen LogP contribution is 2.46. The molecule has 3 heterocycles. The number of amides is 1. The van der Waals surface area contributed by atoms with Gasteiger partial charge in [-0.2, -0.15) is 13.2 Å². The first kappa shape index (κ1) is 24.3. The lowest BCUT2D eigenvalue weighted by atomic mass is 9.74. The van der Waals surface area contributed by atoms with Gasteiger partial charge in [-0.15, -0.1) is 0 Å². The number of ether oxygens (including phenoxy) is 2. The molecule has 0 unspecified atom stereocenters. The van der Waals surface area contributed by atoms with E-state index in [4.69, 9.17) is 9.47 Å². The topological polar surface area (TPSA) is 63.7 Å². The first-order valence-corrected chi connectivity index (χ1v) is 12.0. The van der Waals surface area contributed by atoms with Gasteiger partial charge in [-0.1, -0.05) is 13.8 Å². The quantitative estimate of drug-likeness (QED) is 0.685. The van der Waals surface area contributed by atoms with E-state index in [0.717, 1.165) is 56.6 Å². The van der Waals surface area contributed by atoms with Crippen LogP contribution >= 0.6 is 0 Å². The molecule has 3 aliphatic rings. The van der Waals surface area contributed by atoms with Crippen LogP contribution in [0.3, 0.4) is 0 Å². The number of hydrogen-bond acceptors (Lipinski definition) is 5. The van der Waals surface area contributed by atoms with Crippen molar-refractivity contribution in [3.05, 3.63) is 23.5 Å². The van der Waals surface area contributed by atoms with Crippen molar-refractivity contribution in [3.63, 3.8) is 0 Å². The second-order valence-corrected chi connectivity index (χ2v) is 9.96. The minimum atomic E-state index is -4.40. The number of carbonyl (C=O) groups excluding carboxylic acids is 1. The summed E-state index contributed by atoms with van der Waals surface area (Å²) in [6.07, 6.45) is 2.18. The molecule has 1 saturated heterocycles. The molecule has 33 heavy (non-hydrogen) atoms. The maximum absolute atomic E-state index is 13.8. The standard InChI is InChI=1S/C24H34F3N3O3/c1-16(2)23(7-3-19(12-23)29-18-5-9-32-10-6-18)22(31)30-8-4-21-17(14-30)11-20(13-28-21)33-15-24(25,26)27/h11,13,16,18-19,29H,3-10,12,14-15H2,1-2H3/t19-,23+/m1/s1. The lowest BCUT2D eigenvalue weighted by Gasteiger charge is -2.39. The molecule has 6 nitrogen and oxygen atoms in total. The summed E-state index contributed by atoms with van der Waals surface area (Å²) in [5, 5.41) is 3.77. The van der Waals surface area contributed by atoms with Crippen molar-refractivity contribution in [1.29, 1.82) is 0 Å². The van der Waals surface area contributed by atoms with Gasteiger partial charge in [0, 0.05) is 50.5 Å². The van der Waals surface area contributed by atoms with Crippen molar-refractivity contribution in [2.45, 2.75) is 77.2 Å². The fourth-order valence-electron chi connectivity index (χ4n) is 5.52. The van der Waals surface area contributed by atoms with Crippen molar-refractivity contribution >= 4 is 5.91 Å². The Kier molecular flexibility index (Phi) is 7.19. The van der Waals surface area contributed by atoms with Gasteiger partial charge in [0.25, 0.3) is 0 Å². The molecule has 0 bridgehead atoms. The van der Waals surface area contributed by atoms with Crippen LogP contribution in [-0.2, 0) is 22.5 Å². The summed E-state index contributed by atoms with van der Waals surface area (Å²) in [4.78, 5) is 20.0. The van der Waals surface area contributed by atoms with E-state index in [0.29, 0.717) is 31.6 Å². The van der Waals surface area contributed by atoms with Crippen molar-refractivity contribution in [3.8, 4) is 5.75 Å². The Labute approximate surface area is 193 Å². The molecule has 0 spiro atoms. The Balaban J connectivity index is 1.43. The first-order chi connectivity index (χ1) is 15.7. The number of fused-ring (bicyclic) bond motifs is 1. The van der Waals surface area contributed by atoms with Gasteiger partial charge in [-0.25, -0.2) is 0 Å². The molecule has 1 aromatic heterocycles. The normalized spacial score (nSPS) is 26.5. The minimum Gasteiger partial charge on any atom is -0.482 e. The minimum absolute atomic E-state index is 0.0838. The maximum Gasteiger partial charge on any atom is 0.422 e. The Morgan fingerprint density at radius 1 is 1.30 bits per heavy atom. The Morgan fingerprint density at radius 3 is 2.76 bits per heavy atom. The number of alkyl halides is 3. The highest BCUT2D eigenvalue weighted by molar-refractivity contribution is 5.83. The van der Waals surface area contributed by atoms with Crippen LogP contribution in [0.5, 0.6) is 5.75 Å². The third-order valence-corrected chi connectivity index (χ3v) is 7.48. The van der Waals surface area contributed by atoms with Crippen LogP contribution in [0.4, 0.5) is 13.2 Å². The summed E-state index contributed by atoms with van der Waals surface area (Å²) in [6, 6.07) is 2.37. The van der Waals surface area contributed by atoms with E-state index in [1.807, 2.05) is 4.90 Å². The van der Waals surface area contributed by atoms with Crippen LogP contribution in [-0.4, -0.2) is 60.4 Å². The van der Waals surface area contributed by atoms with Crippen molar-refractivity contribution in [2.24, 2.45) is 11.3 Å². The smallest absolute Gasteiger partial charge is 0.422 e. The lowest BCUT2D eigenvalue weighted by Crippen LogP contribution is -2.49. The van der Waals surface area contributed by atoms with Gasteiger partial charge in [0.1, 0.15) is 5.75 Å². The Morgan fingerprint density at radius 2 is 2.06 bits per heavy atom. The van der Waals surface area contributed by atoms with Crippen LogP contribution in [0.2, 0.25) is 0 Å². The monoisotopic (exact) mass is 469 g/mol. The number of hydrogen-bond donors (Lipinski definition) is 1. The summed E-state index contributed by atoms with van der Waals surface area (Å²) in [5.41, 5.74) is 1.17. The zero-order chi connectivity index (χ0) is 23.6. The molecule has 2 atom stereocenters. The summed E-state index contributed by atoms with van der Waals surface area (Å²) < 4.78 is 47.9. The number of pyridine rings is 1. The van der Waals surface area contributed by atoms with Crippen LogP contribution in [0.15, 0.2) is 12.3 Å². The molecular weight excluding hydrogens is 435 g/mol. The van der Waals surface area contributed by atoms with Crippen LogP contribution in [0.25, 0.3) is 0 Å². The van der Waals surface area contributed by atoms with Crippen LogP contribution < -0.4 is 10.1 Å². The summed E-state index contributed by atoms with van der Waals surface area (Å²) in [6.45, 7) is 5.40. The van der Waals surface area contributed by atoms with Gasteiger partial charge in [0.05, 0.1) is 11.6 Å². The van der Waals surface area contributed by atoms with Crippen LogP contribution in [0, 0.1) is 11.3 Å². The van der Waals surface area contributed by atoms with E-state index in [1.54, 1.807) is 6.07 Å². The van der Waals surface area contributed by atoms with E-state index in [1.165, 1.54) is 6.20 Å². The van der Waals surface area contributed by atoms with Gasteiger partial charge >= 0.3 is 6.18 Å². The Bertz CT molecular complexity index is 842. The average molecular weight is 470 g/mol. The van der Waals surface area contributed by atoms with Gasteiger partial charge in [0.15, 0.2) is 6.61 Å². The molecule has 4 rings (SSSR count). The van der Waals surface area contributed by atoms with Crippen molar-refractivity contribution in [1.82, 2.24) is 15.2 Å². The predicted octanol–water partition coefficient (Wildman–Crippen LogP) is 3.87. The van der Waals surface area contributed by atoms with Crippen molar-refractivity contribution < 1.29 is 27.4 Å². The third-order valence-electron chi connectivity index (χ3n) is 7.48. The van der Waals surface area contributed by atoms with Gasteiger partial charge in [-0.3, -0.25) is 9.78 Å². The van der Waals surface area contributed by atoms with E-state index in [9.17, 15) is 18.0 Å². The highest BCUT2D eigenvalue weighted by atomic mass is 19.4. The van der Waals surface area contributed by atoms with Gasteiger partial charge in [0.2, 0.25) is 5.91 Å². The number of rotatable bonds is 6. The summed E-state index contributed by atoms with van der Waals surface area (Å²) in [5.74, 6) is 0.439.